The Hall–Kier alpha value is -3.32. The first-order chi connectivity index (χ1) is 15.7. The fraction of sp³-hybridized carbons (Fsp3) is 0.360. The van der Waals surface area contributed by atoms with Gasteiger partial charge in [0, 0.05) is 49.9 Å². The van der Waals surface area contributed by atoms with Crippen LogP contribution in [0.3, 0.4) is 0 Å². The standard InChI is InChI=1S/C25H29N3O4/c1-2-31-15-16-32-23-10-6-4-8-21(23)25(30)28-13-11-27(12-14-28)24(29)17-19-18-26-22-9-5-3-7-20(19)22/h3-10,18,26H,2,11-17H2,1H3. The summed E-state index contributed by atoms with van der Waals surface area (Å²) in [6.45, 7) is 5.51. The summed E-state index contributed by atoms with van der Waals surface area (Å²) in [4.78, 5) is 32.8. The highest BCUT2D eigenvalue weighted by molar-refractivity contribution is 5.97. The number of para-hydroxylation sites is 2. The van der Waals surface area contributed by atoms with Gasteiger partial charge in [0.05, 0.1) is 18.6 Å². The van der Waals surface area contributed by atoms with Crippen molar-refractivity contribution in [2.45, 2.75) is 13.3 Å². The highest BCUT2D eigenvalue weighted by atomic mass is 16.5. The molecule has 0 spiro atoms. The van der Waals surface area contributed by atoms with E-state index >= 15 is 0 Å². The number of hydrogen-bond donors (Lipinski definition) is 1. The van der Waals surface area contributed by atoms with E-state index < -0.39 is 0 Å². The Bertz CT molecular complexity index is 1070. The monoisotopic (exact) mass is 435 g/mol. The molecule has 1 N–H and O–H groups in total. The second-order valence-electron chi connectivity index (χ2n) is 7.75. The van der Waals surface area contributed by atoms with Crippen molar-refractivity contribution in [2.75, 3.05) is 46.0 Å². The third-order valence-corrected chi connectivity index (χ3v) is 5.74. The Morgan fingerprint density at radius 3 is 2.47 bits per heavy atom. The number of aromatic nitrogens is 1. The Morgan fingerprint density at radius 1 is 0.938 bits per heavy atom. The van der Waals surface area contributed by atoms with Crippen molar-refractivity contribution < 1.29 is 19.1 Å². The van der Waals surface area contributed by atoms with Crippen LogP contribution in [0.25, 0.3) is 10.9 Å². The van der Waals surface area contributed by atoms with E-state index in [2.05, 4.69) is 4.98 Å². The van der Waals surface area contributed by atoms with Gasteiger partial charge >= 0.3 is 0 Å². The number of nitrogens with one attached hydrogen (secondary N) is 1. The fourth-order valence-electron chi connectivity index (χ4n) is 4.01. The molecule has 0 saturated carbocycles. The lowest BCUT2D eigenvalue weighted by atomic mass is 10.1. The maximum Gasteiger partial charge on any atom is 0.257 e. The molecule has 3 aromatic rings. The fourth-order valence-corrected chi connectivity index (χ4v) is 4.01. The minimum Gasteiger partial charge on any atom is -0.490 e. The molecule has 0 aliphatic carbocycles. The Labute approximate surface area is 187 Å². The zero-order valence-electron chi connectivity index (χ0n) is 18.4. The van der Waals surface area contributed by atoms with Gasteiger partial charge in [-0.15, -0.1) is 0 Å². The van der Waals surface area contributed by atoms with Crippen LogP contribution in [0.2, 0.25) is 0 Å². The van der Waals surface area contributed by atoms with Crippen LogP contribution in [-0.4, -0.2) is 72.6 Å². The second-order valence-corrected chi connectivity index (χ2v) is 7.75. The Morgan fingerprint density at radius 2 is 1.66 bits per heavy atom. The van der Waals surface area contributed by atoms with Gasteiger partial charge in [0.15, 0.2) is 0 Å². The van der Waals surface area contributed by atoms with Crippen molar-refractivity contribution in [1.29, 1.82) is 0 Å². The normalized spacial score (nSPS) is 14.0. The Balaban J connectivity index is 1.33. The van der Waals surface area contributed by atoms with Crippen LogP contribution in [0.5, 0.6) is 5.75 Å². The van der Waals surface area contributed by atoms with Crippen molar-refractivity contribution in [3.8, 4) is 5.75 Å². The van der Waals surface area contributed by atoms with E-state index in [9.17, 15) is 9.59 Å². The van der Waals surface area contributed by atoms with E-state index in [1.165, 1.54) is 0 Å². The SMILES string of the molecule is CCOCCOc1ccccc1C(=O)N1CCN(C(=O)Cc2c[nH]c3ccccc23)CC1. The number of nitrogens with zero attached hydrogens (tertiary/aromatic N) is 2. The molecule has 32 heavy (non-hydrogen) atoms. The Kier molecular flexibility index (Phi) is 7.07. The third kappa shape index (κ3) is 4.94. The van der Waals surface area contributed by atoms with E-state index in [0.29, 0.717) is 63.7 Å². The predicted octanol–water partition coefficient (Wildman–Crippen LogP) is 3.11. The number of benzene rings is 2. The van der Waals surface area contributed by atoms with Gasteiger partial charge in [-0.1, -0.05) is 30.3 Å². The molecule has 0 unspecified atom stereocenters. The molecule has 7 nitrogen and oxygen atoms in total. The largest absolute Gasteiger partial charge is 0.490 e. The zero-order valence-corrected chi connectivity index (χ0v) is 18.4. The zero-order chi connectivity index (χ0) is 22.3. The molecule has 2 amide bonds. The number of rotatable bonds is 8. The molecule has 1 aliphatic rings. The molecule has 7 heteroatoms. The molecule has 2 heterocycles. The summed E-state index contributed by atoms with van der Waals surface area (Å²) >= 11 is 0. The number of fused-ring (bicyclic) bond motifs is 1. The number of amides is 2. The average Bonchev–Trinajstić information content (AvgIpc) is 3.24. The van der Waals surface area contributed by atoms with E-state index in [1.54, 1.807) is 17.0 Å². The molecular weight excluding hydrogens is 406 g/mol. The quantitative estimate of drug-likeness (QED) is 0.552. The molecule has 1 aromatic heterocycles. The molecule has 0 atom stereocenters. The summed E-state index contributed by atoms with van der Waals surface area (Å²) in [6, 6.07) is 15.3. The van der Waals surface area contributed by atoms with E-state index in [4.69, 9.17) is 9.47 Å². The van der Waals surface area contributed by atoms with Gasteiger partial charge in [-0.3, -0.25) is 9.59 Å². The van der Waals surface area contributed by atoms with Gasteiger partial charge in [0.1, 0.15) is 12.4 Å². The second kappa shape index (κ2) is 10.3. The molecule has 4 rings (SSSR count). The lowest BCUT2D eigenvalue weighted by Crippen LogP contribution is -2.51. The van der Waals surface area contributed by atoms with Crippen molar-refractivity contribution >= 4 is 22.7 Å². The van der Waals surface area contributed by atoms with Gasteiger partial charge in [0.25, 0.3) is 5.91 Å². The summed E-state index contributed by atoms with van der Waals surface area (Å²) < 4.78 is 11.1. The number of carbonyl (C=O) groups excluding carboxylic acids is 2. The molecule has 1 aliphatic heterocycles. The maximum atomic E-state index is 13.1. The van der Waals surface area contributed by atoms with Gasteiger partial charge < -0.3 is 24.3 Å². The summed E-state index contributed by atoms with van der Waals surface area (Å²) in [5.41, 5.74) is 2.58. The molecule has 1 saturated heterocycles. The summed E-state index contributed by atoms with van der Waals surface area (Å²) in [5, 5.41) is 1.08. The highest BCUT2D eigenvalue weighted by Gasteiger charge is 2.26. The number of hydrogen-bond acceptors (Lipinski definition) is 4. The number of carbonyl (C=O) groups is 2. The van der Waals surface area contributed by atoms with Gasteiger partial charge in [-0.2, -0.15) is 0 Å². The lowest BCUT2D eigenvalue weighted by Gasteiger charge is -2.35. The first-order valence-corrected chi connectivity index (χ1v) is 11.1. The van der Waals surface area contributed by atoms with Crippen LogP contribution < -0.4 is 4.74 Å². The summed E-state index contributed by atoms with van der Waals surface area (Å²) in [5.74, 6) is 0.581. The van der Waals surface area contributed by atoms with Crippen molar-refractivity contribution in [3.05, 3.63) is 65.9 Å². The lowest BCUT2D eigenvalue weighted by molar-refractivity contribution is -0.131. The molecule has 168 valence electrons. The van der Waals surface area contributed by atoms with Crippen LogP contribution in [-0.2, 0) is 16.0 Å². The van der Waals surface area contributed by atoms with Crippen LogP contribution in [0.15, 0.2) is 54.7 Å². The van der Waals surface area contributed by atoms with Crippen molar-refractivity contribution in [3.63, 3.8) is 0 Å². The van der Waals surface area contributed by atoms with Crippen LogP contribution in [0, 0.1) is 0 Å². The third-order valence-electron chi connectivity index (χ3n) is 5.74. The molecule has 0 bridgehead atoms. The highest BCUT2D eigenvalue weighted by Crippen LogP contribution is 2.22. The minimum atomic E-state index is -0.0688. The molecule has 2 aromatic carbocycles. The minimum absolute atomic E-state index is 0.0688. The predicted molar refractivity (Wildman–Crippen MR) is 123 cm³/mol. The molecule has 0 radical (unpaired) electrons. The number of piperazine rings is 1. The van der Waals surface area contributed by atoms with E-state index in [0.717, 1.165) is 16.5 Å². The van der Waals surface area contributed by atoms with Crippen LogP contribution in [0.1, 0.15) is 22.8 Å². The maximum absolute atomic E-state index is 13.1. The first-order valence-electron chi connectivity index (χ1n) is 11.1. The van der Waals surface area contributed by atoms with Crippen LogP contribution >= 0.6 is 0 Å². The van der Waals surface area contributed by atoms with E-state index in [-0.39, 0.29) is 11.8 Å². The average molecular weight is 436 g/mol. The summed E-state index contributed by atoms with van der Waals surface area (Å²) in [7, 11) is 0. The molecule has 1 fully saturated rings. The smallest absolute Gasteiger partial charge is 0.257 e. The number of aromatic amines is 1. The topological polar surface area (TPSA) is 74.9 Å². The van der Waals surface area contributed by atoms with Crippen molar-refractivity contribution in [1.82, 2.24) is 14.8 Å². The van der Waals surface area contributed by atoms with Gasteiger partial charge in [0.2, 0.25) is 5.91 Å². The number of ether oxygens (including phenoxy) is 2. The number of H-pyrrole nitrogens is 1. The van der Waals surface area contributed by atoms with Crippen LogP contribution in [0.4, 0.5) is 0 Å². The van der Waals surface area contributed by atoms with Gasteiger partial charge in [-0.05, 0) is 30.7 Å². The first kappa shape index (κ1) is 21.9. The summed E-state index contributed by atoms with van der Waals surface area (Å²) in [6.07, 6.45) is 2.26. The van der Waals surface area contributed by atoms with Gasteiger partial charge in [-0.25, -0.2) is 0 Å². The van der Waals surface area contributed by atoms with E-state index in [1.807, 2.05) is 54.4 Å². The molecular formula is C25H29N3O4. The van der Waals surface area contributed by atoms with Crippen molar-refractivity contribution in [2.24, 2.45) is 0 Å².